The van der Waals surface area contributed by atoms with Crippen molar-refractivity contribution < 1.29 is 28.7 Å². The highest BCUT2D eigenvalue weighted by molar-refractivity contribution is 6.22. The second kappa shape index (κ2) is 9.35. The molecule has 0 aromatic heterocycles. The van der Waals surface area contributed by atoms with E-state index in [4.69, 9.17) is 9.47 Å². The highest BCUT2D eigenvalue weighted by Gasteiger charge is 2.43. The van der Waals surface area contributed by atoms with E-state index in [1.807, 2.05) is 6.92 Å². The summed E-state index contributed by atoms with van der Waals surface area (Å²) in [5.41, 5.74) is 0.876. The van der Waals surface area contributed by atoms with Gasteiger partial charge in [0.05, 0.1) is 18.2 Å². The average Bonchev–Trinajstić information content (AvgIpc) is 3.03. The van der Waals surface area contributed by atoms with Gasteiger partial charge in [-0.25, -0.2) is 4.79 Å². The SMILES string of the molecule is CCCC[C@H](C(=O)OCC(=O)c1cccc(OC)c1)N1C(=O)c2ccccc2C1=O. The van der Waals surface area contributed by atoms with Crippen molar-refractivity contribution in [1.29, 1.82) is 0 Å². The summed E-state index contributed by atoms with van der Waals surface area (Å²) in [5.74, 6) is -1.70. The number of amides is 2. The van der Waals surface area contributed by atoms with Crippen LogP contribution in [-0.2, 0) is 9.53 Å². The lowest BCUT2D eigenvalue weighted by atomic mass is 10.1. The summed E-state index contributed by atoms with van der Waals surface area (Å²) in [6.45, 7) is 1.45. The van der Waals surface area contributed by atoms with Crippen LogP contribution in [0.15, 0.2) is 48.5 Å². The number of ketones is 1. The van der Waals surface area contributed by atoms with Crippen LogP contribution in [-0.4, -0.2) is 48.2 Å². The molecule has 0 unspecified atom stereocenters. The minimum absolute atomic E-state index is 0.268. The van der Waals surface area contributed by atoms with Crippen molar-refractivity contribution in [2.75, 3.05) is 13.7 Å². The van der Waals surface area contributed by atoms with Gasteiger partial charge in [0.25, 0.3) is 11.8 Å². The van der Waals surface area contributed by atoms with Crippen molar-refractivity contribution in [2.24, 2.45) is 0 Å². The van der Waals surface area contributed by atoms with Crippen molar-refractivity contribution in [3.63, 3.8) is 0 Å². The van der Waals surface area contributed by atoms with Crippen LogP contribution in [0.1, 0.15) is 57.3 Å². The van der Waals surface area contributed by atoms with Gasteiger partial charge in [-0.2, -0.15) is 0 Å². The van der Waals surface area contributed by atoms with Crippen LogP contribution in [0.4, 0.5) is 0 Å². The first kappa shape index (κ1) is 21.2. The molecule has 0 aliphatic carbocycles. The summed E-state index contributed by atoms with van der Waals surface area (Å²) < 4.78 is 10.3. The van der Waals surface area contributed by atoms with Gasteiger partial charge in [-0.05, 0) is 30.7 Å². The molecule has 0 radical (unpaired) electrons. The maximum atomic E-state index is 12.8. The number of carbonyl (C=O) groups is 4. The molecule has 3 rings (SSSR count). The molecule has 0 bridgehead atoms. The number of nitrogens with zero attached hydrogens (tertiary/aromatic N) is 1. The van der Waals surface area contributed by atoms with Crippen molar-refractivity contribution in [3.05, 3.63) is 65.2 Å². The number of hydrogen-bond donors (Lipinski definition) is 0. The third kappa shape index (κ3) is 4.25. The molecule has 1 heterocycles. The molecule has 1 atom stereocenters. The lowest BCUT2D eigenvalue weighted by Crippen LogP contribution is -2.46. The lowest BCUT2D eigenvalue weighted by Gasteiger charge is -2.24. The molecule has 2 aromatic rings. The van der Waals surface area contributed by atoms with Crippen LogP contribution in [0.3, 0.4) is 0 Å². The van der Waals surface area contributed by atoms with Gasteiger partial charge >= 0.3 is 5.97 Å². The standard InChI is InChI=1S/C23H23NO6/c1-3-4-12-19(24-21(26)17-10-5-6-11-18(17)22(24)27)23(28)30-14-20(25)15-8-7-9-16(13-15)29-2/h5-11,13,19H,3-4,12,14H2,1-2H3/t19-/m1/s1. The molecule has 0 fully saturated rings. The van der Waals surface area contributed by atoms with Gasteiger partial charge < -0.3 is 9.47 Å². The summed E-state index contributed by atoms with van der Waals surface area (Å²) in [5, 5.41) is 0. The van der Waals surface area contributed by atoms with E-state index < -0.39 is 36.2 Å². The van der Waals surface area contributed by atoms with E-state index in [1.54, 1.807) is 48.5 Å². The highest BCUT2D eigenvalue weighted by Crippen LogP contribution is 2.27. The van der Waals surface area contributed by atoms with E-state index in [-0.39, 0.29) is 17.5 Å². The number of rotatable bonds is 9. The van der Waals surface area contributed by atoms with Crippen LogP contribution in [0.2, 0.25) is 0 Å². The van der Waals surface area contributed by atoms with Crippen LogP contribution in [0.5, 0.6) is 5.75 Å². The summed E-state index contributed by atoms with van der Waals surface area (Å²) >= 11 is 0. The van der Waals surface area contributed by atoms with Gasteiger partial charge in [0.1, 0.15) is 11.8 Å². The molecule has 0 N–H and O–H groups in total. The predicted octanol–water partition coefficient (Wildman–Crippen LogP) is 3.28. The van der Waals surface area contributed by atoms with Crippen molar-refractivity contribution >= 4 is 23.6 Å². The fourth-order valence-corrected chi connectivity index (χ4v) is 3.35. The van der Waals surface area contributed by atoms with Gasteiger partial charge in [-0.15, -0.1) is 0 Å². The van der Waals surface area contributed by atoms with E-state index in [9.17, 15) is 19.2 Å². The smallest absolute Gasteiger partial charge is 0.329 e. The van der Waals surface area contributed by atoms with E-state index >= 15 is 0 Å². The quantitative estimate of drug-likeness (QED) is 0.359. The van der Waals surface area contributed by atoms with Gasteiger partial charge in [-0.3, -0.25) is 19.3 Å². The number of fused-ring (bicyclic) bond motifs is 1. The molecular weight excluding hydrogens is 386 g/mol. The first-order valence-electron chi connectivity index (χ1n) is 9.78. The number of Topliss-reactive ketones (excluding diaryl/α,β-unsaturated/α-hetero) is 1. The average molecular weight is 409 g/mol. The number of ether oxygens (including phenoxy) is 2. The van der Waals surface area contributed by atoms with Crippen molar-refractivity contribution in [1.82, 2.24) is 4.90 Å². The highest BCUT2D eigenvalue weighted by atomic mass is 16.5. The summed E-state index contributed by atoms with van der Waals surface area (Å²) in [6.07, 6.45) is 1.67. The molecule has 2 amide bonds. The van der Waals surface area contributed by atoms with Gasteiger partial charge in [0.15, 0.2) is 12.4 Å². The van der Waals surface area contributed by atoms with Gasteiger partial charge in [0.2, 0.25) is 0 Å². The molecule has 7 heteroatoms. The largest absolute Gasteiger partial charge is 0.497 e. The van der Waals surface area contributed by atoms with Gasteiger partial charge in [0, 0.05) is 5.56 Å². The van der Waals surface area contributed by atoms with E-state index in [0.717, 1.165) is 11.3 Å². The Morgan fingerprint density at radius 1 is 1.00 bits per heavy atom. The third-order valence-corrected chi connectivity index (χ3v) is 4.98. The molecule has 156 valence electrons. The maximum absolute atomic E-state index is 12.8. The molecule has 1 aliphatic rings. The summed E-state index contributed by atoms with van der Waals surface area (Å²) in [6, 6.07) is 11.9. The molecule has 1 aliphatic heterocycles. The third-order valence-electron chi connectivity index (χ3n) is 4.98. The minimum Gasteiger partial charge on any atom is -0.497 e. The zero-order chi connectivity index (χ0) is 21.7. The Morgan fingerprint density at radius 2 is 1.67 bits per heavy atom. The predicted molar refractivity (Wildman–Crippen MR) is 109 cm³/mol. The second-order valence-corrected chi connectivity index (χ2v) is 6.95. The van der Waals surface area contributed by atoms with E-state index in [0.29, 0.717) is 17.7 Å². The molecule has 0 saturated heterocycles. The normalized spacial score (nSPS) is 13.7. The first-order valence-corrected chi connectivity index (χ1v) is 9.78. The fourth-order valence-electron chi connectivity index (χ4n) is 3.35. The van der Waals surface area contributed by atoms with Crippen LogP contribution >= 0.6 is 0 Å². The maximum Gasteiger partial charge on any atom is 0.329 e. The Hall–Kier alpha value is -3.48. The second-order valence-electron chi connectivity index (χ2n) is 6.95. The molecule has 0 spiro atoms. The lowest BCUT2D eigenvalue weighted by molar-refractivity contribution is -0.147. The topological polar surface area (TPSA) is 90.0 Å². The number of hydrogen-bond acceptors (Lipinski definition) is 6. The number of unbranched alkanes of at least 4 members (excludes halogenated alkanes) is 1. The zero-order valence-electron chi connectivity index (χ0n) is 16.9. The molecule has 2 aromatic carbocycles. The number of esters is 1. The number of methoxy groups -OCH3 is 1. The summed E-state index contributed by atoms with van der Waals surface area (Å²) in [7, 11) is 1.49. The zero-order valence-corrected chi connectivity index (χ0v) is 16.9. The monoisotopic (exact) mass is 409 g/mol. The van der Waals surface area contributed by atoms with Crippen molar-refractivity contribution in [2.45, 2.75) is 32.2 Å². The Kier molecular flexibility index (Phi) is 6.61. The van der Waals surface area contributed by atoms with Gasteiger partial charge in [-0.1, -0.05) is 44.0 Å². The molecule has 30 heavy (non-hydrogen) atoms. The Labute approximate surface area is 174 Å². The first-order chi connectivity index (χ1) is 14.5. The minimum atomic E-state index is -1.07. The number of benzene rings is 2. The number of carbonyl (C=O) groups excluding carboxylic acids is 4. The molecular formula is C23H23NO6. The van der Waals surface area contributed by atoms with E-state index in [2.05, 4.69) is 0 Å². The molecule has 0 saturated carbocycles. The van der Waals surface area contributed by atoms with Crippen LogP contribution < -0.4 is 4.74 Å². The Balaban J connectivity index is 1.74. The van der Waals surface area contributed by atoms with E-state index in [1.165, 1.54) is 7.11 Å². The summed E-state index contributed by atoms with van der Waals surface area (Å²) in [4.78, 5) is 51.7. The Morgan fingerprint density at radius 3 is 2.27 bits per heavy atom. The number of imide groups is 1. The fraction of sp³-hybridized carbons (Fsp3) is 0.304. The van der Waals surface area contributed by atoms with Crippen molar-refractivity contribution in [3.8, 4) is 5.75 Å². The van der Waals surface area contributed by atoms with Crippen LogP contribution in [0.25, 0.3) is 0 Å². The Bertz CT molecular complexity index is 948. The molecule has 7 nitrogen and oxygen atoms in total. The van der Waals surface area contributed by atoms with Crippen LogP contribution in [0, 0.1) is 0 Å².